The second-order valence-electron chi connectivity index (χ2n) is 4.17. The number of nitrogen functional groups attached to an aromatic ring is 1. The van der Waals surface area contributed by atoms with Crippen molar-refractivity contribution in [3.05, 3.63) is 46.4 Å². The van der Waals surface area contributed by atoms with E-state index >= 15 is 0 Å². The van der Waals surface area contributed by atoms with Crippen LogP contribution in [0.25, 0.3) is 0 Å². The van der Waals surface area contributed by atoms with E-state index < -0.39 is 27.3 Å². The summed E-state index contributed by atoms with van der Waals surface area (Å²) < 4.78 is 50.8. The van der Waals surface area contributed by atoms with Gasteiger partial charge in [0.25, 0.3) is 0 Å². The van der Waals surface area contributed by atoms with Gasteiger partial charge in [0.1, 0.15) is 10.6 Å². The fourth-order valence-electron chi connectivity index (χ4n) is 1.67. The summed E-state index contributed by atoms with van der Waals surface area (Å²) in [5.74, 6) is -1.78. The fourth-order valence-corrected chi connectivity index (χ4v) is 2.80. The number of primary sulfonamides is 1. The largest absolute Gasteiger partial charge is 0.399 e. The zero-order valence-corrected chi connectivity index (χ0v) is 12.8. The van der Waals surface area contributed by atoms with Crippen LogP contribution in [0.1, 0.15) is 0 Å². The number of nitrogens with one attached hydrogen (secondary N) is 1. The van der Waals surface area contributed by atoms with Gasteiger partial charge in [0.05, 0.1) is 5.69 Å². The number of benzene rings is 2. The molecule has 0 amide bonds. The summed E-state index contributed by atoms with van der Waals surface area (Å²) in [5.41, 5.74) is 5.08. The van der Waals surface area contributed by atoms with Crippen molar-refractivity contribution in [1.82, 2.24) is 0 Å². The van der Waals surface area contributed by atoms with Crippen LogP contribution in [0, 0.1) is 11.6 Å². The van der Waals surface area contributed by atoms with Crippen molar-refractivity contribution in [3.8, 4) is 0 Å². The van der Waals surface area contributed by atoms with E-state index in [4.69, 9.17) is 10.9 Å². The third-order valence-corrected chi connectivity index (χ3v) is 3.99. The van der Waals surface area contributed by atoms with E-state index in [1.165, 1.54) is 12.1 Å². The quantitative estimate of drug-likeness (QED) is 0.716. The molecule has 0 bridgehead atoms. The molecule has 112 valence electrons. The Morgan fingerprint density at radius 2 is 1.67 bits per heavy atom. The summed E-state index contributed by atoms with van der Waals surface area (Å²) in [6.07, 6.45) is 0. The molecule has 0 aromatic heterocycles. The van der Waals surface area contributed by atoms with Gasteiger partial charge in [-0.25, -0.2) is 22.3 Å². The molecule has 0 aliphatic heterocycles. The molecule has 21 heavy (non-hydrogen) atoms. The number of anilines is 3. The van der Waals surface area contributed by atoms with Gasteiger partial charge < -0.3 is 11.1 Å². The van der Waals surface area contributed by atoms with Gasteiger partial charge in [0.15, 0.2) is 11.6 Å². The molecule has 0 spiro atoms. The highest BCUT2D eigenvalue weighted by molar-refractivity contribution is 9.10. The van der Waals surface area contributed by atoms with E-state index in [0.717, 1.165) is 18.2 Å². The molecule has 2 rings (SSSR count). The summed E-state index contributed by atoms with van der Waals surface area (Å²) in [7, 11) is -4.11. The average molecular weight is 378 g/mol. The minimum Gasteiger partial charge on any atom is -0.399 e. The Balaban J connectivity index is 2.56. The van der Waals surface area contributed by atoms with Crippen molar-refractivity contribution in [2.75, 3.05) is 11.1 Å². The number of hydrogen-bond acceptors (Lipinski definition) is 4. The minimum atomic E-state index is -4.11. The SMILES string of the molecule is Nc1ccc(Nc2c(F)cc(Br)cc2F)c(S(N)(=O)=O)c1. The van der Waals surface area contributed by atoms with Gasteiger partial charge in [-0.1, -0.05) is 15.9 Å². The molecule has 0 radical (unpaired) electrons. The predicted octanol–water partition coefficient (Wildman–Crippen LogP) is 2.70. The van der Waals surface area contributed by atoms with Gasteiger partial charge in [-0.05, 0) is 30.3 Å². The first kappa shape index (κ1) is 15.7. The molecule has 5 N–H and O–H groups in total. The van der Waals surface area contributed by atoms with Crippen molar-refractivity contribution in [1.29, 1.82) is 0 Å². The third kappa shape index (κ3) is 3.49. The fraction of sp³-hybridized carbons (Fsp3) is 0. The molecule has 0 aliphatic rings. The lowest BCUT2D eigenvalue weighted by Gasteiger charge is -2.13. The van der Waals surface area contributed by atoms with Crippen LogP contribution in [0.2, 0.25) is 0 Å². The first-order chi connectivity index (χ1) is 9.68. The van der Waals surface area contributed by atoms with Crippen molar-refractivity contribution in [2.45, 2.75) is 4.90 Å². The Bertz CT molecular complexity index is 789. The second-order valence-corrected chi connectivity index (χ2v) is 6.62. The molecule has 0 unspecified atom stereocenters. The van der Waals surface area contributed by atoms with Crippen molar-refractivity contribution in [3.63, 3.8) is 0 Å². The predicted molar refractivity (Wildman–Crippen MR) is 79.6 cm³/mol. The van der Waals surface area contributed by atoms with Crippen molar-refractivity contribution < 1.29 is 17.2 Å². The molecular formula is C12H10BrF2N3O2S. The number of nitrogens with two attached hydrogens (primary N) is 2. The highest BCUT2D eigenvalue weighted by Gasteiger charge is 2.18. The lowest BCUT2D eigenvalue weighted by molar-refractivity contribution is 0.588. The lowest BCUT2D eigenvalue weighted by atomic mass is 10.2. The maximum atomic E-state index is 13.8. The number of rotatable bonds is 3. The lowest BCUT2D eigenvalue weighted by Crippen LogP contribution is -2.15. The molecule has 5 nitrogen and oxygen atoms in total. The molecule has 0 aliphatic carbocycles. The van der Waals surface area contributed by atoms with E-state index in [1.807, 2.05) is 0 Å². The topological polar surface area (TPSA) is 98.2 Å². The summed E-state index contributed by atoms with van der Waals surface area (Å²) in [6.45, 7) is 0. The van der Waals surface area contributed by atoms with Crippen molar-refractivity contribution >= 4 is 43.0 Å². The monoisotopic (exact) mass is 377 g/mol. The maximum absolute atomic E-state index is 13.8. The molecular weight excluding hydrogens is 368 g/mol. The molecule has 2 aromatic rings. The van der Waals surface area contributed by atoms with Crippen LogP contribution in [0.15, 0.2) is 39.7 Å². The van der Waals surface area contributed by atoms with Gasteiger partial charge in [-0.15, -0.1) is 0 Å². The van der Waals surface area contributed by atoms with Gasteiger partial charge in [0.2, 0.25) is 10.0 Å². The summed E-state index contributed by atoms with van der Waals surface area (Å²) in [5, 5.41) is 7.45. The van der Waals surface area contributed by atoms with E-state index in [2.05, 4.69) is 21.2 Å². The van der Waals surface area contributed by atoms with Gasteiger partial charge in [-0.3, -0.25) is 0 Å². The van der Waals surface area contributed by atoms with Crippen LogP contribution in [0.4, 0.5) is 25.8 Å². The summed E-state index contributed by atoms with van der Waals surface area (Å²) in [6, 6.07) is 5.84. The Hall–Kier alpha value is -1.71. The van der Waals surface area contributed by atoms with Gasteiger partial charge >= 0.3 is 0 Å². The van der Waals surface area contributed by atoms with Crippen molar-refractivity contribution in [2.24, 2.45) is 5.14 Å². The van der Waals surface area contributed by atoms with Crippen LogP contribution in [-0.4, -0.2) is 8.42 Å². The van der Waals surface area contributed by atoms with Gasteiger partial charge in [-0.2, -0.15) is 0 Å². The second kappa shape index (κ2) is 5.58. The highest BCUT2D eigenvalue weighted by Crippen LogP contribution is 2.30. The van der Waals surface area contributed by atoms with E-state index in [9.17, 15) is 17.2 Å². The standard InChI is InChI=1S/C12H10BrF2N3O2S/c13-6-3-8(14)12(9(15)4-6)18-10-2-1-7(16)5-11(10)21(17,19)20/h1-5,18H,16H2,(H2,17,19,20). The molecule has 0 heterocycles. The van der Waals surface area contributed by atoms with Gasteiger partial charge in [0, 0.05) is 10.2 Å². The van der Waals surface area contributed by atoms with E-state index in [0.29, 0.717) is 0 Å². The van der Waals surface area contributed by atoms with Crippen LogP contribution < -0.4 is 16.2 Å². The Morgan fingerprint density at radius 1 is 1.10 bits per heavy atom. The molecule has 0 fully saturated rings. The zero-order valence-electron chi connectivity index (χ0n) is 10.4. The molecule has 9 heteroatoms. The first-order valence-electron chi connectivity index (χ1n) is 5.52. The Morgan fingerprint density at radius 3 is 2.19 bits per heavy atom. The van der Waals surface area contributed by atoms with E-state index in [1.54, 1.807) is 0 Å². The van der Waals surface area contributed by atoms with Crippen LogP contribution in [-0.2, 0) is 10.0 Å². The zero-order chi connectivity index (χ0) is 15.8. The van der Waals surface area contributed by atoms with Crippen LogP contribution in [0.3, 0.4) is 0 Å². The summed E-state index contributed by atoms with van der Waals surface area (Å²) >= 11 is 2.95. The molecule has 0 saturated heterocycles. The molecule has 0 saturated carbocycles. The number of sulfonamides is 1. The molecule has 0 atom stereocenters. The Labute approximate surface area is 128 Å². The number of hydrogen-bond donors (Lipinski definition) is 3. The van der Waals surface area contributed by atoms with Crippen LogP contribution in [0.5, 0.6) is 0 Å². The highest BCUT2D eigenvalue weighted by atomic mass is 79.9. The third-order valence-electron chi connectivity index (χ3n) is 2.58. The smallest absolute Gasteiger partial charge is 0.240 e. The average Bonchev–Trinajstić information content (AvgIpc) is 2.34. The maximum Gasteiger partial charge on any atom is 0.240 e. The van der Waals surface area contributed by atoms with E-state index in [-0.39, 0.29) is 20.7 Å². The van der Waals surface area contributed by atoms with Crippen LogP contribution >= 0.6 is 15.9 Å². The Kier molecular flexibility index (Phi) is 4.17. The molecule has 2 aromatic carbocycles. The normalized spacial score (nSPS) is 11.4. The summed E-state index contributed by atoms with van der Waals surface area (Å²) in [4.78, 5) is -0.357. The minimum absolute atomic E-state index is 0.0770. The number of halogens is 3. The first-order valence-corrected chi connectivity index (χ1v) is 7.86.